The van der Waals surface area contributed by atoms with Crippen molar-refractivity contribution in [3.63, 3.8) is 0 Å². The quantitative estimate of drug-likeness (QED) is 0.212. The standard InChI is InChI=1S/C14H20F6.C11H24.C10H18.2C9H12F6.C9H15F3.2C8H13F3/c1-10-2-4-11(5-3-10)6-8-12(9-7-11,13(15,16)17)14(18,19)20;1-9(2,3)11(7,8)10(4,5)6;1-8-7-9-3-5-10(8,2)6-4-9;1-6-2-4-7(5-3-6,8(10,11)12)9(13,14)15;1-6-4-2-3-5-7(6,8(10,11)12)9(13,14)15;1-6-4-3-5-8(7(6)2)9(10,11)12;1-6-2-4-7(5-3-6)8(9,10)11;1-6-3-2-4-7(5-6)8(9,10)11/h10H,2-9H2,1H3;1-8H3;8-9H,3-7H2,1-2H3;2*6H,2-5H2,1H3;6-8H,3-5H2,1-2H3;2*6-7H,2-5H2,1H3/t;;8-,9?,10?;;6-;6?,7-,8?;;6-,7?/m..0.11.1/s1. The molecule has 10 saturated carbocycles. The van der Waals surface area contributed by atoms with Crippen molar-refractivity contribution in [2.45, 2.75) is 379 Å². The monoisotopic (exact) mass is 1580 g/mol. The molecule has 10 rings (SSSR count). The molecule has 1 spiro atoms. The zero-order chi connectivity index (χ0) is 82.1. The number of alkyl halides is 27. The lowest BCUT2D eigenvalue weighted by Gasteiger charge is -2.49. The molecule has 27 heteroatoms. The predicted molar refractivity (Wildman–Crippen MR) is 360 cm³/mol. The van der Waals surface area contributed by atoms with Gasteiger partial charge in [-0.05, 0) is 222 Å². The van der Waals surface area contributed by atoms with Crippen LogP contribution in [0.1, 0.15) is 323 Å². The van der Waals surface area contributed by atoms with Gasteiger partial charge in [-0.15, -0.1) is 0 Å². The number of rotatable bonds is 0. The summed E-state index contributed by atoms with van der Waals surface area (Å²) < 4.78 is 338. The average Bonchev–Trinajstić information content (AvgIpc) is 0.738. The fourth-order valence-electron chi connectivity index (χ4n) is 17.5. The fourth-order valence-corrected chi connectivity index (χ4v) is 17.5. The third kappa shape index (κ3) is 26.6. The van der Waals surface area contributed by atoms with Gasteiger partial charge in [-0.25, -0.2) is 0 Å². The summed E-state index contributed by atoms with van der Waals surface area (Å²) in [5.41, 5.74) is -8.82. The molecule has 0 aromatic heterocycles. The Balaban J connectivity index is 0.000000412. The number of hydrogen-bond donors (Lipinski definition) is 0. The number of hydrogen-bond acceptors (Lipinski definition) is 0. The minimum absolute atomic E-state index is 0.0106. The Bertz CT molecular complexity index is 2380. The lowest BCUT2D eigenvalue weighted by atomic mass is 9.56. The third-order valence-corrected chi connectivity index (χ3v) is 28.0. The zero-order valence-corrected chi connectivity index (χ0v) is 65.3. The van der Waals surface area contributed by atoms with E-state index in [0.29, 0.717) is 66.6 Å². The summed E-state index contributed by atoms with van der Waals surface area (Å²) in [6.45, 7) is 35.9. The van der Waals surface area contributed by atoms with Crippen LogP contribution in [-0.2, 0) is 0 Å². The molecule has 0 aromatic rings. The van der Waals surface area contributed by atoms with Gasteiger partial charge in [0.05, 0.1) is 17.8 Å². The number of fused-ring (bicyclic) bond motifs is 3. The highest BCUT2D eigenvalue weighted by molar-refractivity contribution is 5.03. The molecule has 2 bridgehead atoms. The smallest absolute Gasteiger partial charge is 0.171 e. The van der Waals surface area contributed by atoms with Crippen molar-refractivity contribution in [3.05, 3.63) is 0 Å². The maximum atomic E-state index is 13.0. The van der Waals surface area contributed by atoms with Gasteiger partial charge in [0.1, 0.15) is 0 Å². The van der Waals surface area contributed by atoms with E-state index >= 15 is 0 Å². The van der Waals surface area contributed by atoms with Gasteiger partial charge >= 0.3 is 55.6 Å². The van der Waals surface area contributed by atoms with Crippen LogP contribution in [0.3, 0.4) is 0 Å². The van der Waals surface area contributed by atoms with Crippen molar-refractivity contribution < 1.29 is 119 Å². The molecular weight excluding hydrogens is 1450 g/mol. The van der Waals surface area contributed by atoms with Gasteiger partial charge < -0.3 is 0 Å². The molecule has 0 N–H and O–H groups in total. The van der Waals surface area contributed by atoms with Crippen LogP contribution in [-0.4, -0.2) is 55.6 Å². The molecule has 0 aromatic carbocycles. The summed E-state index contributed by atoms with van der Waals surface area (Å²) in [7, 11) is 0. The third-order valence-electron chi connectivity index (χ3n) is 28.0. The van der Waals surface area contributed by atoms with Crippen molar-refractivity contribution in [3.8, 4) is 0 Å². The van der Waals surface area contributed by atoms with Crippen LogP contribution >= 0.6 is 0 Å². The normalized spacial score (nSPS) is 30.9. The van der Waals surface area contributed by atoms with E-state index in [4.69, 9.17) is 0 Å². The highest BCUT2D eigenvalue weighted by Crippen LogP contribution is 2.65. The van der Waals surface area contributed by atoms with Gasteiger partial charge in [0, 0.05) is 0 Å². The molecule has 10 fully saturated rings. The van der Waals surface area contributed by atoms with Crippen LogP contribution in [0.25, 0.3) is 0 Å². The summed E-state index contributed by atoms with van der Waals surface area (Å²) >= 11 is 0. The van der Waals surface area contributed by atoms with Crippen molar-refractivity contribution in [2.75, 3.05) is 0 Å². The second kappa shape index (κ2) is 36.9. The van der Waals surface area contributed by atoms with Crippen molar-refractivity contribution in [2.24, 2.45) is 114 Å². The van der Waals surface area contributed by atoms with Crippen molar-refractivity contribution in [1.82, 2.24) is 0 Å². The van der Waals surface area contributed by atoms with Crippen molar-refractivity contribution >= 4 is 0 Å². The Hall–Kier alpha value is -1.89. The molecule has 0 amide bonds. The highest BCUT2D eigenvalue weighted by Gasteiger charge is 2.74. The van der Waals surface area contributed by atoms with E-state index in [2.05, 4.69) is 76.2 Å². The van der Waals surface area contributed by atoms with Crippen LogP contribution in [0.2, 0.25) is 0 Å². The van der Waals surface area contributed by atoms with E-state index in [9.17, 15) is 119 Å². The maximum Gasteiger partial charge on any atom is 0.403 e. The summed E-state index contributed by atoms with van der Waals surface area (Å²) in [5, 5.41) is 0. The van der Waals surface area contributed by atoms with Gasteiger partial charge in [-0.1, -0.05) is 182 Å². The minimum Gasteiger partial charge on any atom is -0.171 e. The lowest BCUT2D eigenvalue weighted by molar-refractivity contribution is -0.364. The first-order valence-electron chi connectivity index (χ1n) is 38.5. The van der Waals surface area contributed by atoms with E-state index in [0.717, 1.165) is 88.4 Å². The lowest BCUT2D eigenvalue weighted by Crippen LogP contribution is -2.55. The van der Waals surface area contributed by atoms with Crippen LogP contribution in [0.4, 0.5) is 119 Å². The molecule has 628 valence electrons. The summed E-state index contributed by atoms with van der Waals surface area (Å²) in [4.78, 5) is 0. The predicted octanol–water partition coefficient (Wildman–Crippen LogP) is 32.2. The average molecular weight is 1580 g/mol. The minimum atomic E-state index is -5.20. The first-order chi connectivity index (χ1) is 46.9. The van der Waals surface area contributed by atoms with Gasteiger partial charge in [0.2, 0.25) is 0 Å². The fraction of sp³-hybridized carbons (Fsp3) is 1.00. The topological polar surface area (TPSA) is 0 Å². The summed E-state index contributed by atoms with van der Waals surface area (Å²) in [6.07, 6.45) is -29.1. The Kier molecular flexibility index (Phi) is 34.9. The Morgan fingerprint density at radius 1 is 0.276 bits per heavy atom. The molecule has 105 heavy (non-hydrogen) atoms. The summed E-state index contributed by atoms with van der Waals surface area (Å²) in [5.74, 6) is -1.08. The molecule has 0 saturated heterocycles. The molecule has 7 atom stereocenters. The maximum absolute atomic E-state index is 13.0. The van der Waals surface area contributed by atoms with Crippen LogP contribution in [0, 0.1) is 114 Å². The second-order valence-corrected chi connectivity index (χ2v) is 36.9. The second-order valence-electron chi connectivity index (χ2n) is 36.9. The Morgan fingerprint density at radius 2 is 0.657 bits per heavy atom. The first kappa shape index (κ1) is 99.2. The molecule has 10 aliphatic carbocycles. The molecule has 3 unspecified atom stereocenters. The van der Waals surface area contributed by atoms with Gasteiger partial charge in [-0.3, -0.25) is 0 Å². The molecule has 0 aliphatic heterocycles. The van der Waals surface area contributed by atoms with Crippen molar-refractivity contribution in [1.29, 1.82) is 0 Å². The van der Waals surface area contributed by atoms with Gasteiger partial charge in [0.15, 0.2) is 16.2 Å². The molecule has 0 nitrogen and oxygen atoms in total. The van der Waals surface area contributed by atoms with E-state index in [-0.39, 0.29) is 67.6 Å². The van der Waals surface area contributed by atoms with E-state index < -0.39 is 128 Å². The molecular formula is C78H127F27. The Labute approximate surface area is 609 Å². The van der Waals surface area contributed by atoms with Gasteiger partial charge in [0.25, 0.3) is 0 Å². The number of halogens is 27. The van der Waals surface area contributed by atoms with E-state index in [1.165, 1.54) is 32.1 Å². The van der Waals surface area contributed by atoms with Gasteiger partial charge in [-0.2, -0.15) is 119 Å². The SMILES string of the molecule is CC(C)(C)C(C)(C)C(C)(C)C.CC1CCC(C(F)(F)F)(C(F)(F)F)CC1.CC1CCC(C(F)(F)F)CC1.CC1CCC2(CC1)CCC(C(F)(F)F)(C(F)(F)F)CC2.CC1CCCC(C(F)(F)F)[C@@H]1C.C[C@@H]1CCCC(C(F)(F)F)C1.C[C@@H]1CCCCC1(C(F)(F)F)C(F)(F)F.C[C@H]1CC2CCC1(C)CC2. The van der Waals surface area contributed by atoms with Crippen LogP contribution < -0.4 is 0 Å². The zero-order valence-electron chi connectivity index (χ0n) is 65.3. The molecule has 10 aliphatic rings. The van der Waals surface area contributed by atoms with E-state index in [1.807, 2.05) is 20.8 Å². The largest absolute Gasteiger partial charge is 0.403 e. The first-order valence-corrected chi connectivity index (χ1v) is 38.5. The summed E-state index contributed by atoms with van der Waals surface area (Å²) in [6, 6.07) is 0. The molecule has 0 heterocycles. The molecule has 0 radical (unpaired) electrons. The highest BCUT2D eigenvalue weighted by atomic mass is 19.4. The Morgan fingerprint density at radius 3 is 0.943 bits per heavy atom. The van der Waals surface area contributed by atoms with Crippen LogP contribution in [0.15, 0.2) is 0 Å². The van der Waals surface area contributed by atoms with Crippen LogP contribution in [0.5, 0.6) is 0 Å². The van der Waals surface area contributed by atoms with E-state index in [1.54, 1.807) is 13.8 Å².